The Morgan fingerprint density at radius 1 is 1.29 bits per heavy atom. The third-order valence-electron chi connectivity index (χ3n) is 5.76. The minimum atomic E-state index is -0.988. The van der Waals surface area contributed by atoms with E-state index in [0.717, 1.165) is 6.07 Å². The van der Waals surface area contributed by atoms with E-state index in [-0.39, 0.29) is 35.4 Å². The highest BCUT2D eigenvalue weighted by molar-refractivity contribution is 5.99. The molecule has 2 atom stereocenters. The summed E-state index contributed by atoms with van der Waals surface area (Å²) in [5.74, 6) is -3.73. The minimum Gasteiger partial charge on any atom is -0.503 e. The normalized spacial score (nSPS) is 20.2. The van der Waals surface area contributed by atoms with Crippen LogP contribution in [0.15, 0.2) is 29.2 Å². The average molecular weight is 433 g/mol. The molecule has 10 heteroatoms. The van der Waals surface area contributed by atoms with Crippen LogP contribution in [0.1, 0.15) is 45.8 Å². The number of likely N-dealkylation sites (N-methyl/N-ethyl adjacent to an activating group) is 1. The number of benzene rings is 1. The molecule has 2 N–H and O–H groups in total. The predicted octanol–water partition coefficient (Wildman–Crippen LogP) is 1.57. The molecular weight excluding hydrogens is 412 g/mol. The Hall–Kier alpha value is -3.27. The van der Waals surface area contributed by atoms with Gasteiger partial charge in [-0.15, -0.1) is 0 Å². The van der Waals surface area contributed by atoms with Gasteiger partial charge in [0.15, 0.2) is 11.4 Å². The van der Waals surface area contributed by atoms with Crippen molar-refractivity contribution < 1.29 is 28.2 Å². The summed E-state index contributed by atoms with van der Waals surface area (Å²) >= 11 is 0. The maximum absolute atomic E-state index is 13.8. The van der Waals surface area contributed by atoms with E-state index >= 15 is 0 Å². The van der Waals surface area contributed by atoms with Crippen LogP contribution < -0.4 is 10.7 Å². The number of fused-ring (bicyclic) bond motifs is 3. The number of amides is 2. The molecule has 1 saturated heterocycles. The lowest BCUT2D eigenvalue weighted by molar-refractivity contribution is -0.0176. The van der Waals surface area contributed by atoms with Gasteiger partial charge in [-0.3, -0.25) is 14.4 Å². The van der Waals surface area contributed by atoms with Crippen LogP contribution in [-0.4, -0.2) is 52.2 Å². The molecule has 4 rings (SSSR count). The molecule has 0 spiro atoms. The fourth-order valence-electron chi connectivity index (χ4n) is 4.19. The summed E-state index contributed by atoms with van der Waals surface area (Å²) in [5, 5.41) is 12.9. The summed E-state index contributed by atoms with van der Waals surface area (Å²) in [6, 6.07) is 2.38. The molecule has 164 valence electrons. The van der Waals surface area contributed by atoms with Crippen LogP contribution in [0.5, 0.6) is 5.75 Å². The smallest absolute Gasteiger partial charge is 0.274 e. The summed E-state index contributed by atoms with van der Waals surface area (Å²) < 4.78 is 33.8. The first-order valence-electron chi connectivity index (χ1n) is 9.92. The van der Waals surface area contributed by atoms with E-state index in [4.69, 9.17) is 4.74 Å². The molecule has 0 bridgehead atoms. The minimum absolute atomic E-state index is 0.0373. The number of nitrogens with one attached hydrogen (secondary N) is 1. The van der Waals surface area contributed by atoms with Gasteiger partial charge >= 0.3 is 0 Å². The van der Waals surface area contributed by atoms with E-state index in [9.17, 15) is 28.3 Å². The van der Waals surface area contributed by atoms with Crippen LogP contribution in [0.4, 0.5) is 8.78 Å². The fraction of sp³-hybridized carbons (Fsp3) is 0.381. The lowest BCUT2D eigenvalue weighted by Crippen LogP contribution is -2.55. The van der Waals surface area contributed by atoms with Gasteiger partial charge in [-0.25, -0.2) is 8.78 Å². The number of ether oxygens (including phenoxy) is 1. The Morgan fingerprint density at radius 2 is 2.06 bits per heavy atom. The molecular formula is C21H21F2N3O5. The number of halogens is 2. The van der Waals surface area contributed by atoms with Gasteiger partial charge in [0, 0.05) is 37.5 Å². The molecule has 1 aromatic heterocycles. The lowest BCUT2D eigenvalue weighted by Gasteiger charge is -2.45. The molecule has 2 amide bonds. The van der Waals surface area contributed by atoms with Gasteiger partial charge in [-0.05, 0) is 19.4 Å². The molecule has 2 aliphatic heterocycles. The molecule has 0 radical (unpaired) electrons. The summed E-state index contributed by atoms with van der Waals surface area (Å²) in [6.45, 7) is 2.63. The van der Waals surface area contributed by atoms with E-state index in [1.807, 2.05) is 0 Å². The highest BCUT2D eigenvalue weighted by atomic mass is 19.1. The summed E-state index contributed by atoms with van der Waals surface area (Å²) in [7, 11) is 0. The predicted molar refractivity (Wildman–Crippen MR) is 105 cm³/mol. The van der Waals surface area contributed by atoms with E-state index in [0.29, 0.717) is 32.2 Å². The summed E-state index contributed by atoms with van der Waals surface area (Å²) in [5.41, 5.74) is -1.48. The highest BCUT2D eigenvalue weighted by Gasteiger charge is 2.43. The second kappa shape index (κ2) is 8.10. The monoisotopic (exact) mass is 433 g/mol. The Balaban J connectivity index is 1.69. The SMILES string of the molecule is CCN1C(=O)c2c(O)c(=O)c(C(=O)NCc3ccc(F)cc3F)cn2[C@H]2CCOC[C@H]21. The van der Waals surface area contributed by atoms with E-state index < -0.39 is 34.6 Å². The molecule has 0 unspecified atom stereocenters. The number of nitrogens with zero attached hydrogens (tertiary/aromatic N) is 2. The molecule has 1 fully saturated rings. The molecule has 31 heavy (non-hydrogen) atoms. The zero-order valence-corrected chi connectivity index (χ0v) is 16.7. The van der Waals surface area contributed by atoms with E-state index in [2.05, 4.69) is 5.32 Å². The maximum Gasteiger partial charge on any atom is 0.274 e. The number of pyridine rings is 1. The standard InChI is InChI=1S/C21H21F2N3O5/c1-2-25-16-10-31-6-5-15(16)26-9-13(18(27)19(28)17(26)21(25)30)20(29)24-8-11-3-4-12(22)7-14(11)23/h3-4,7,9,15-16,28H,2,5-6,8,10H2,1H3,(H,24,29)/t15-,16+/m0/s1. The summed E-state index contributed by atoms with van der Waals surface area (Å²) in [4.78, 5) is 39.8. The number of hydrogen-bond donors (Lipinski definition) is 2. The number of carbonyl (C=O) groups is 2. The highest BCUT2D eigenvalue weighted by Crippen LogP contribution is 2.35. The third-order valence-corrected chi connectivity index (χ3v) is 5.76. The molecule has 2 aliphatic rings. The molecule has 1 aromatic carbocycles. The van der Waals surface area contributed by atoms with Gasteiger partial charge in [0.05, 0.1) is 18.7 Å². The van der Waals surface area contributed by atoms with Crippen LogP contribution >= 0.6 is 0 Å². The van der Waals surface area contributed by atoms with Crippen LogP contribution in [0.3, 0.4) is 0 Å². The molecule has 0 aliphatic carbocycles. The zero-order valence-electron chi connectivity index (χ0n) is 16.7. The van der Waals surface area contributed by atoms with Crippen LogP contribution in [0, 0.1) is 11.6 Å². The van der Waals surface area contributed by atoms with Crippen molar-refractivity contribution in [3.05, 3.63) is 63.1 Å². The first-order valence-corrected chi connectivity index (χ1v) is 9.92. The topological polar surface area (TPSA) is 101 Å². The molecule has 2 aromatic rings. The van der Waals surface area contributed by atoms with Crippen LogP contribution in [0.2, 0.25) is 0 Å². The number of hydrogen-bond acceptors (Lipinski definition) is 5. The first kappa shape index (κ1) is 21.0. The fourth-order valence-corrected chi connectivity index (χ4v) is 4.19. The van der Waals surface area contributed by atoms with E-state index in [1.165, 1.54) is 16.8 Å². The van der Waals surface area contributed by atoms with Crippen LogP contribution in [0.25, 0.3) is 0 Å². The van der Waals surface area contributed by atoms with Crippen molar-refractivity contribution >= 4 is 11.8 Å². The van der Waals surface area contributed by atoms with Crippen LogP contribution in [-0.2, 0) is 11.3 Å². The van der Waals surface area contributed by atoms with Gasteiger partial charge in [-0.2, -0.15) is 0 Å². The first-order chi connectivity index (χ1) is 14.8. The number of carbonyl (C=O) groups excluding carboxylic acids is 2. The Kier molecular flexibility index (Phi) is 5.48. The van der Waals surface area contributed by atoms with Crippen molar-refractivity contribution in [2.24, 2.45) is 0 Å². The number of rotatable bonds is 4. The number of aromatic nitrogens is 1. The Bertz CT molecular complexity index is 1120. The molecule has 8 nitrogen and oxygen atoms in total. The Labute approximate surface area is 176 Å². The third kappa shape index (κ3) is 3.56. The largest absolute Gasteiger partial charge is 0.503 e. The molecule has 3 heterocycles. The van der Waals surface area contributed by atoms with Crippen molar-refractivity contribution in [3.63, 3.8) is 0 Å². The van der Waals surface area contributed by atoms with Crippen molar-refractivity contribution in [2.45, 2.75) is 32.0 Å². The quantitative estimate of drug-likeness (QED) is 0.763. The number of aromatic hydroxyl groups is 1. The van der Waals surface area contributed by atoms with Gasteiger partial charge in [0.1, 0.15) is 17.2 Å². The van der Waals surface area contributed by atoms with Crippen molar-refractivity contribution in [1.82, 2.24) is 14.8 Å². The van der Waals surface area contributed by atoms with Gasteiger partial charge in [-0.1, -0.05) is 6.07 Å². The van der Waals surface area contributed by atoms with Gasteiger partial charge in [0.2, 0.25) is 5.43 Å². The maximum atomic E-state index is 13.8. The van der Waals surface area contributed by atoms with Gasteiger partial charge in [0.25, 0.3) is 11.8 Å². The average Bonchev–Trinajstić information content (AvgIpc) is 2.75. The molecule has 0 saturated carbocycles. The van der Waals surface area contributed by atoms with Crippen molar-refractivity contribution in [3.8, 4) is 5.75 Å². The second-order valence-corrected chi connectivity index (χ2v) is 7.48. The van der Waals surface area contributed by atoms with Crippen molar-refractivity contribution in [1.29, 1.82) is 0 Å². The second-order valence-electron chi connectivity index (χ2n) is 7.48. The van der Waals surface area contributed by atoms with E-state index in [1.54, 1.807) is 11.8 Å². The van der Waals surface area contributed by atoms with Gasteiger partial charge < -0.3 is 24.6 Å². The Morgan fingerprint density at radius 3 is 2.77 bits per heavy atom. The summed E-state index contributed by atoms with van der Waals surface area (Å²) in [6.07, 6.45) is 1.80. The zero-order chi connectivity index (χ0) is 22.3. The van der Waals surface area contributed by atoms with Crippen molar-refractivity contribution in [2.75, 3.05) is 19.8 Å². The lowest BCUT2D eigenvalue weighted by atomic mass is 9.96.